The lowest BCUT2D eigenvalue weighted by molar-refractivity contribution is -0.142. The quantitative estimate of drug-likeness (QED) is 0.773. The normalized spacial score (nSPS) is 9.67. The minimum atomic E-state index is -0.383. The van der Waals surface area contributed by atoms with Gasteiger partial charge in [-0.2, -0.15) is 0 Å². The van der Waals surface area contributed by atoms with Gasteiger partial charge < -0.3 is 14.8 Å². The molecule has 0 saturated carbocycles. The van der Waals surface area contributed by atoms with Gasteiger partial charge >= 0.3 is 5.97 Å². The summed E-state index contributed by atoms with van der Waals surface area (Å²) in [5.41, 5.74) is 0.945. The van der Waals surface area contributed by atoms with Gasteiger partial charge in [-0.25, -0.2) is 0 Å². The first-order valence-electron chi connectivity index (χ1n) is 5.62. The standard InChI is InChI=1S/C13H17NO4/c1-17-11-5-3-4-10(8-11)9-14-12(15)6-7-13(16)18-2/h3-5,8H,6-7,9H2,1-2H3,(H,14,15). The molecule has 0 aliphatic carbocycles. The van der Waals surface area contributed by atoms with Crippen molar-refractivity contribution in [3.8, 4) is 5.75 Å². The van der Waals surface area contributed by atoms with Crippen molar-refractivity contribution in [2.24, 2.45) is 0 Å². The predicted molar refractivity (Wildman–Crippen MR) is 66.1 cm³/mol. The highest BCUT2D eigenvalue weighted by Crippen LogP contribution is 2.12. The molecule has 5 heteroatoms. The lowest BCUT2D eigenvalue weighted by atomic mass is 10.2. The number of hydrogen-bond donors (Lipinski definition) is 1. The van der Waals surface area contributed by atoms with E-state index in [1.54, 1.807) is 7.11 Å². The fraction of sp³-hybridized carbons (Fsp3) is 0.385. The molecule has 0 saturated heterocycles. The van der Waals surface area contributed by atoms with Gasteiger partial charge in [0.1, 0.15) is 5.75 Å². The van der Waals surface area contributed by atoms with Crippen molar-refractivity contribution in [2.45, 2.75) is 19.4 Å². The number of methoxy groups -OCH3 is 2. The number of ether oxygens (including phenoxy) is 2. The summed E-state index contributed by atoms with van der Waals surface area (Å²) in [6, 6.07) is 7.43. The van der Waals surface area contributed by atoms with Crippen LogP contribution >= 0.6 is 0 Å². The molecule has 98 valence electrons. The van der Waals surface area contributed by atoms with Gasteiger partial charge in [0.05, 0.1) is 20.6 Å². The molecule has 18 heavy (non-hydrogen) atoms. The average Bonchev–Trinajstić information content (AvgIpc) is 2.42. The second-order valence-electron chi connectivity index (χ2n) is 3.70. The maximum atomic E-state index is 11.4. The highest BCUT2D eigenvalue weighted by Gasteiger charge is 2.06. The van der Waals surface area contributed by atoms with E-state index in [0.29, 0.717) is 6.54 Å². The van der Waals surface area contributed by atoms with Crippen molar-refractivity contribution < 1.29 is 19.1 Å². The summed E-state index contributed by atoms with van der Waals surface area (Å²) in [4.78, 5) is 22.3. The zero-order valence-corrected chi connectivity index (χ0v) is 10.6. The van der Waals surface area contributed by atoms with E-state index in [1.807, 2.05) is 24.3 Å². The van der Waals surface area contributed by atoms with Crippen molar-refractivity contribution in [3.63, 3.8) is 0 Å². The zero-order chi connectivity index (χ0) is 13.4. The van der Waals surface area contributed by atoms with Gasteiger partial charge in [0.25, 0.3) is 0 Å². The number of amides is 1. The Labute approximate surface area is 106 Å². The van der Waals surface area contributed by atoms with Crippen LogP contribution in [0.25, 0.3) is 0 Å². The molecule has 0 atom stereocenters. The van der Waals surface area contributed by atoms with Gasteiger partial charge in [-0.3, -0.25) is 9.59 Å². The van der Waals surface area contributed by atoms with Crippen LogP contribution in [-0.4, -0.2) is 26.1 Å². The minimum Gasteiger partial charge on any atom is -0.497 e. The maximum absolute atomic E-state index is 11.4. The van der Waals surface area contributed by atoms with Crippen molar-refractivity contribution >= 4 is 11.9 Å². The van der Waals surface area contributed by atoms with Gasteiger partial charge in [0, 0.05) is 13.0 Å². The van der Waals surface area contributed by atoms with Crippen molar-refractivity contribution in [1.29, 1.82) is 0 Å². The summed E-state index contributed by atoms with van der Waals surface area (Å²) in [6.45, 7) is 0.414. The Morgan fingerprint density at radius 3 is 2.67 bits per heavy atom. The van der Waals surface area contributed by atoms with Crippen LogP contribution in [0.2, 0.25) is 0 Å². The van der Waals surface area contributed by atoms with E-state index in [1.165, 1.54) is 7.11 Å². The van der Waals surface area contributed by atoms with Gasteiger partial charge in [-0.1, -0.05) is 12.1 Å². The summed E-state index contributed by atoms with van der Waals surface area (Å²) in [5.74, 6) is 0.186. The first-order chi connectivity index (χ1) is 8.65. The molecule has 0 unspecified atom stereocenters. The van der Waals surface area contributed by atoms with Crippen LogP contribution < -0.4 is 10.1 Å². The zero-order valence-electron chi connectivity index (χ0n) is 10.6. The molecule has 0 heterocycles. The van der Waals surface area contributed by atoms with Gasteiger partial charge in [0.2, 0.25) is 5.91 Å². The van der Waals surface area contributed by atoms with Gasteiger partial charge in [0.15, 0.2) is 0 Å². The van der Waals surface area contributed by atoms with E-state index in [4.69, 9.17) is 4.74 Å². The Hall–Kier alpha value is -2.04. The largest absolute Gasteiger partial charge is 0.497 e. The number of benzene rings is 1. The lowest BCUT2D eigenvalue weighted by Crippen LogP contribution is -2.23. The summed E-state index contributed by atoms with van der Waals surface area (Å²) < 4.78 is 9.54. The van der Waals surface area contributed by atoms with Crippen molar-refractivity contribution in [2.75, 3.05) is 14.2 Å². The van der Waals surface area contributed by atoms with E-state index in [0.717, 1.165) is 11.3 Å². The summed E-state index contributed by atoms with van der Waals surface area (Å²) in [5, 5.41) is 2.73. The van der Waals surface area contributed by atoms with Crippen LogP contribution in [0, 0.1) is 0 Å². The number of hydrogen-bond acceptors (Lipinski definition) is 4. The third-order valence-electron chi connectivity index (χ3n) is 2.41. The molecule has 5 nitrogen and oxygen atoms in total. The smallest absolute Gasteiger partial charge is 0.306 e. The third kappa shape index (κ3) is 4.86. The Morgan fingerprint density at radius 2 is 2.00 bits per heavy atom. The van der Waals surface area contributed by atoms with Crippen LogP contribution in [0.1, 0.15) is 18.4 Å². The molecule has 1 amide bonds. The Balaban J connectivity index is 2.35. The number of carbonyl (C=O) groups is 2. The molecule has 0 bridgehead atoms. The molecular weight excluding hydrogens is 234 g/mol. The molecule has 0 aliphatic heterocycles. The van der Waals surface area contributed by atoms with Crippen LogP contribution in [0.15, 0.2) is 24.3 Å². The molecule has 1 aromatic rings. The number of rotatable bonds is 6. The van der Waals surface area contributed by atoms with Crippen molar-refractivity contribution in [3.05, 3.63) is 29.8 Å². The van der Waals surface area contributed by atoms with E-state index >= 15 is 0 Å². The Bertz CT molecular complexity index is 417. The maximum Gasteiger partial charge on any atom is 0.306 e. The van der Waals surface area contributed by atoms with Gasteiger partial charge in [-0.05, 0) is 17.7 Å². The molecule has 0 spiro atoms. The monoisotopic (exact) mass is 251 g/mol. The number of esters is 1. The van der Waals surface area contributed by atoms with Crippen LogP contribution in [0.5, 0.6) is 5.75 Å². The first kappa shape index (κ1) is 14.0. The highest BCUT2D eigenvalue weighted by molar-refractivity contribution is 5.81. The summed E-state index contributed by atoms with van der Waals surface area (Å²) >= 11 is 0. The fourth-order valence-electron chi connectivity index (χ4n) is 1.39. The average molecular weight is 251 g/mol. The molecule has 0 fully saturated rings. The second-order valence-corrected chi connectivity index (χ2v) is 3.70. The first-order valence-corrected chi connectivity index (χ1v) is 5.62. The Morgan fingerprint density at radius 1 is 1.22 bits per heavy atom. The van der Waals surface area contributed by atoms with E-state index < -0.39 is 0 Å². The molecule has 1 rings (SSSR count). The SMILES string of the molecule is COC(=O)CCC(=O)NCc1cccc(OC)c1. The predicted octanol–water partition coefficient (Wildman–Crippen LogP) is 1.26. The molecule has 0 aromatic heterocycles. The topological polar surface area (TPSA) is 64.6 Å². The minimum absolute atomic E-state index is 0.0977. The summed E-state index contributed by atoms with van der Waals surface area (Å²) in [6.07, 6.45) is 0.233. The Kier molecular flexibility index (Phi) is 5.70. The van der Waals surface area contributed by atoms with Crippen LogP contribution in [0.4, 0.5) is 0 Å². The fourth-order valence-corrected chi connectivity index (χ4v) is 1.39. The molecule has 1 N–H and O–H groups in total. The number of nitrogens with one attached hydrogen (secondary N) is 1. The van der Waals surface area contributed by atoms with E-state index in [2.05, 4.69) is 10.1 Å². The molecular formula is C13H17NO4. The van der Waals surface area contributed by atoms with E-state index in [-0.39, 0.29) is 24.7 Å². The molecule has 1 aromatic carbocycles. The third-order valence-corrected chi connectivity index (χ3v) is 2.41. The summed E-state index contributed by atoms with van der Waals surface area (Å²) in [7, 11) is 2.89. The lowest BCUT2D eigenvalue weighted by Gasteiger charge is -2.06. The van der Waals surface area contributed by atoms with Crippen molar-refractivity contribution in [1.82, 2.24) is 5.32 Å². The number of carbonyl (C=O) groups excluding carboxylic acids is 2. The molecule has 0 aliphatic rings. The highest BCUT2D eigenvalue weighted by atomic mass is 16.5. The van der Waals surface area contributed by atoms with Crippen LogP contribution in [0.3, 0.4) is 0 Å². The van der Waals surface area contributed by atoms with Crippen LogP contribution in [-0.2, 0) is 20.9 Å². The molecule has 0 radical (unpaired) electrons. The van der Waals surface area contributed by atoms with E-state index in [9.17, 15) is 9.59 Å². The van der Waals surface area contributed by atoms with Gasteiger partial charge in [-0.15, -0.1) is 0 Å². The second kappa shape index (κ2) is 7.32.